The van der Waals surface area contributed by atoms with E-state index in [2.05, 4.69) is 44.8 Å². The molecule has 0 bridgehead atoms. The van der Waals surface area contributed by atoms with Crippen molar-refractivity contribution in [1.29, 1.82) is 0 Å². The first kappa shape index (κ1) is 28.9. The van der Waals surface area contributed by atoms with E-state index in [1.807, 2.05) is 74.4 Å². The molecule has 5 rings (SSSR count). The molecule has 0 spiro atoms. The molecule has 0 saturated heterocycles. The van der Waals surface area contributed by atoms with Crippen LogP contribution in [0.25, 0.3) is 0 Å². The first-order valence-electron chi connectivity index (χ1n) is 13.7. The molecule has 0 fully saturated rings. The molecule has 2 N–H and O–H groups in total. The van der Waals surface area contributed by atoms with Crippen LogP contribution >= 0.6 is 15.9 Å². The largest absolute Gasteiger partial charge is 0.351 e. The Morgan fingerprint density at radius 3 is 1.76 bits per heavy atom. The summed E-state index contributed by atoms with van der Waals surface area (Å²) in [4.78, 5) is 39.0. The minimum atomic E-state index is -0.0657. The summed E-state index contributed by atoms with van der Waals surface area (Å²) in [7, 11) is 7.93. The van der Waals surface area contributed by atoms with E-state index in [4.69, 9.17) is 9.98 Å². The Morgan fingerprint density at radius 2 is 1.24 bits per heavy atom. The Hall–Kier alpha value is -3.66. The predicted molar refractivity (Wildman–Crippen MR) is 169 cm³/mol. The summed E-state index contributed by atoms with van der Waals surface area (Å²) in [6.45, 7) is 2.80. The highest BCUT2D eigenvalue weighted by Gasteiger charge is 2.22. The number of benzene rings is 3. The van der Waals surface area contributed by atoms with Crippen LogP contribution in [-0.2, 0) is 12.8 Å². The highest BCUT2D eigenvalue weighted by atomic mass is 79.9. The zero-order chi connectivity index (χ0) is 29.1. The summed E-state index contributed by atoms with van der Waals surface area (Å²) in [6.07, 6.45) is 1.34. The second kappa shape index (κ2) is 12.5. The van der Waals surface area contributed by atoms with Crippen LogP contribution in [0, 0.1) is 0 Å². The van der Waals surface area contributed by atoms with Crippen LogP contribution in [0.4, 0.5) is 11.4 Å². The smallest absolute Gasteiger partial charge is 0.251 e. The SMILES string of the molecule is CN(C)CCNC(=O)c1ccc2c(c1)CC(c1ccc(C3=Nc4ccc(C(=O)NCCN(C)C)cc4C3)c(Br)c1)=N2. The number of aliphatic imine (C=N–C) groups is 2. The van der Waals surface area contributed by atoms with Crippen LogP contribution in [0.5, 0.6) is 0 Å². The van der Waals surface area contributed by atoms with Gasteiger partial charge in [0.1, 0.15) is 0 Å². The van der Waals surface area contributed by atoms with E-state index in [0.717, 1.165) is 62.6 Å². The molecule has 0 unspecified atom stereocenters. The normalized spacial score (nSPS) is 13.6. The first-order chi connectivity index (χ1) is 19.7. The lowest BCUT2D eigenvalue weighted by Gasteiger charge is -2.11. The lowest BCUT2D eigenvalue weighted by molar-refractivity contribution is 0.0942. The van der Waals surface area contributed by atoms with Gasteiger partial charge in [-0.15, -0.1) is 0 Å². The zero-order valence-corrected chi connectivity index (χ0v) is 25.5. The second-order valence-corrected chi connectivity index (χ2v) is 11.8. The van der Waals surface area contributed by atoms with Crippen LogP contribution in [-0.4, -0.2) is 87.4 Å². The monoisotopic (exact) mass is 614 g/mol. The predicted octanol–water partition coefficient (Wildman–Crippen LogP) is 4.39. The molecular formula is C32H35BrN6O2. The van der Waals surface area contributed by atoms with Gasteiger partial charge in [-0.05, 0) is 87.3 Å². The molecule has 41 heavy (non-hydrogen) atoms. The molecule has 2 aliphatic heterocycles. The van der Waals surface area contributed by atoms with Gasteiger partial charge in [0.15, 0.2) is 0 Å². The van der Waals surface area contributed by atoms with Crippen molar-refractivity contribution in [2.24, 2.45) is 9.98 Å². The molecule has 0 atom stereocenters. The third-order valence-electron chi connectivity index (χ3n) is 7.21. The second-order valence-electron chi connectivity index (χ2n) is 11.0. The van der Waals surface area contributed by atoms with Crippen molar-refractivity contribution >= 4 is 50.5 Å². The van der Waals surface area contributed by atoms with Gasteiger partial charge in [0, 0.05) is 60.2 Å². The van der Waals surface area contributed by atoms with E-state index in [1.54, 1.807) is 0 Å². The average molecular weight is 616 g/mol. The molecule has 2 heterocycles. The number of likely N-dealkylation sites (N-methyl/N-ethyl adjacent to an activating group) is 2. The maximum absolute atomic E-state index is 12.6. The van der Waals surface area contributed by atoms with Crippen LogP contribution in [0.15, 0.2) is 69.1 Å². The number of nitrogens with zero attached hydrogens (tertiary/aromatic N) is 4. The third-order valence-corrected chi connectivity index (χ3v) is 7.87. The molecule has 9 heteroatoms. The Balaban J connectivity index is 1.24. The van der Waals surface area contributed by atoms with E-state index >= 15 is 0 Å². The first-order valence-corrected chi connectivity index (χ1v) is 14.5. The van der Waals surface area contributed by atoms with Crippen LogP contribution in [0.3, 0.4) is 0 Å². The minimum absolute atomic E-state index is 0.0643. The van der Waals surface area contributed by atoms with Gasteiger partial charge in [0.05, 0.1) is 22.8 Å². The summed E-state index contributed by atoms with van der Waals surface area (Å²) in [5.41, 5.74) is 9.21. The van der Waals surface area contributed by atoms with Crippen molar-refractivity contribution in [2.45, 2.75) is 12.8 Å². The van der Waals surface area contributed by atoms with Gasteiger partial charge in [0.25, 0.3) is 11.8 Å². The molecule has 0 saturated carbocycles. The molecule has 0 aliphatic carbocycles. The molecular weight excluding hydrogens is 580 g/mol. The number of rotatable bonds is 10. The van der Waals surface area contributed by atoms with Gasteiger partial charge < -0.3 is 20.4 Å². The summed E-state index contributed by atoms with van der Waals surface area (Å²) in [5.74, 6) is -0.130. The lowest BCUT2D eigenvalue weighted by atomic mass is 9.98. The van der Waals surface area contributed by atoms with Crippen LogP contribution in [0.1, 0.15) is 43.0 Å². The van der Waals surface area contributed by atoms with Crippen molar-refractivity contribution in [3.05, 3.63) is 92.5 Å². The average Bonchev–Trinajstić information content (AvgIpc) is 3.55. The van der Waals surface area contributed by atoms with E-state index in [-0.39, 0.29) is 11.8 Å². The Bertz CT molecular complexity index is 1560. The van der Waals surface area contributed by atoms with Crippen LogP contribution < -0.4 is 10.6 Å². The quantitative estimate of drug-likeness (QED) is 0.354. The molecule has 2 amide bonds. The number of amides is 2. The minimum Gasteiger partial charge on any atom is -0.351 e. The van der Waals surface area contributed by atoms with E-state index in [9.17, 15) is 9.59 Å². The van der Waals surface area contributed by atoms with Gasteiger partial charge in [-0.2, -0.15) is 0 Å². The molecule has 212 valence electrons. The molecule has 0 aromatic heterocycles. The summed E-state index contributed by atoms with van der Waals surface area (Å²) in [6, 6.07) is 17.7. The number of halogens is 1. The number of carbonyl (C=O) groups excluding carboxylic acids is 2. The van der Waals surface area contributed by atoms with E-state index < -0.39 is 0 Å². The molecule has 2 aliphatic rings. The van der Waals surface area contributed by atoms with E-state index in [0.29, 0.717) is 37.1 Å². The Kier molecular flexibility index (Phi) is 8.77. The Morgan fingerprint density at radius 1 is 0.732 bits per heavy atom. The highest BCUT2D eigenvalue weighted by molar-refractivity contribution is 9.10. The fraction of sp³-hybridized carbons (Fsp3) is 0.312. The van der Waals surface area contributed by atoms with Crippen molar-refractivity contribution in [2.75, 3.05) is 54.4 Å². The number of nitrogens with one attached hydrogen (secondary N) is 2. The molecule has 0 radical (unpaired) electrons. The van der Waals surface area contributed by atoms with Crippen molar-refractivity contribution in [3.8, 4) is 0 Å². The standard InChI is InChI=1S/C32H35BrN6O2/c1-38(2)13-11-34-31(40)21-6-9-27-23(15-21)18-29(36-27)20-5-8-25(26(33)17-20)30-19-24-16-22(7-10-28(24)37-30)32(41)35-12-14-39(3)4/h5-10,15-17H,11-14,18-19H2,1-4H3,(H,34,40)(H,35,41). The van der Waals surface area contributed by atoms with Crippen LogP contribution in [0.2, 0.25) is 0 Å². The summed E-state index contributed by atoms with van der Waals surface area (Å²) >= 11 is 3.77. The van der Waals surface area contributed by atoms with Crippen molar-refractivity contribution in [1.82, 2.24) is 20.4 Å². The van der Waals surface area contributed by atoms with Gasteiger partial charge in [-0.25, -0.2) is 0 Å². The number of carbonyl (C=O) groups is 2. The van der Waals surface area contributed by atoms with Gasteiger partial charge in [-0.3, -0.25) is 19.6 Å². The fourth-order valence-electron chi connectivity index (χ4n) is 4.93. The summed E-state index contributed by atoms with van der Waals surface area (Å²) in [5, 5.41) is 5.95. The van der Waals surface area contributed by atoms with Crippen molar-refractivity contribution < 1.29 is 9.59 Å². The molecule has 8 nitrogen and oxygen atoms in total. The maximum Gasteiger partial charge on any atom is 0.251 e. The maximum atomic E-state index is 12.6. The van der Waals surface area contributed by atoms with Gasteiger partial charge in [0.2, 0.25) is 0 Å². The lowest BCUT2D eigenvalue weighted by Crippen LogP contribution is -2.31. The topological polar surface area (TPSA) is 89.4 Å². The van der Waals surface area contributed by atoms with E-state index in [1.165, 1.54) is 0 Å². The summed E-state index contributed by atoms with van der Waals surface area (Å²) < 4.78 is 0.947. The van der Waals surface area contributed by atoms with Gasteiger partial charge in [-0.1, -0.05) is 28.1 Å². The zero-order valence-electron chi connectivity index (χ0n) is 23.9. The Labute approximate surface area is 249 Å². The third kappa shape index (κ3) is 6.81. The van der Waals surface area contributed by atoms with Gasteiger partial charge >= 0.3 is 0 Å². The molecule has 3 aromatic carbocycles. The molecule has 3 aromatic rings. The number of fused-ring (bicyclic) bond motifs is 2. The number of hydrogen-bond donors (Lipinski definition) is 2. The van der Waals surface area contributed by atoms with Crippen molar-refractivity contribution in [3.63, 3.8) is 0 Å². The number of hydrogen-bond acceptors (Lipinski definition) is 6. The highest BCUT2D eigenvalue weighted by Crippen LogP contribution is 2.34. The fourth-order valence-corrected chi connectivity index (χ4v) is 5.53.